The predicted octanol–water partition coefficient (Wildman–Crippen LogP) is 4.31. The number of benzene rings is 2. The van der Waals surface area contributed by atoms with Crippen LogP contribution in [0.4, 0.5) is 8.78 Å². The van der Waals surface area contributed by atoms with Crippen LogP contribution in [0.3, 0.4) is 0 Å². The fourth-order valence-corrected chi connectivity index (χ4v) is 2.05. The summed E-state index contributed by atoms with van der Waals surface area (Å²) in [6.45, 7) is 3.31. The third-order valence-electron chi connectivity index (χ3n) is 2.99. The van der Waals surface area contributed by atoms with Crippen molar-refractivity contribution in [3.05, 3.63) is 64.2 Å². The van der Waals surface area contributed by atoms with Gasteiger partial charge in [-0.25, -0.2) is 8.78 Å². The Balaban J connectivity index is 2.04. The Morgan fingerprint density at radius 2 is 2.00 bits per heavy atom. The molecule has 0 aromatic heterocycles. The van der Waals surface area contributed by atoms with Crippen molar-refractivity contribution in [2.75, 3.05) is 6.54 Å². The number of hydrogen-bond acceptors (Lipinski definition) is 2. The van der Waals surface area contributed by atoms with Gasteiger partial charge in [-0.1, -0.05) is 36.7 Å². The van der Waals surface area contributed by atoms with E-state index in [1.807, 2.05) is 6.92 Å². The molecule has 0 atom stereocenters. The molecule has 0 amide bonds. The number of nitrogens with one attached hydrogen (secondary N) is 1. The van der Waals surface area contributed by atoms with E-state index in [4.69, 9.17) is 16.3 Å². The van der Waals surface area contributed by atoms with Crippen molar-refractivity contribution >= 4 is 11.6 Å². The minimum absolute atomic E-state index is 0.0255. The summed E-state index contributed by atoms with van der Waals surface area (Å²) < 4.78 is 32.9. The van der Waals surface area contributed by atoms with Crippen molar-refractivity contribution in [2.24, 2.45) is 0 Å². The maximum absolute atomic E-state index is 13.9. The van der Waals surface area contributed by atoms with Crippen molar-refractivity contribution in [1.82, 2.24) is 5.32 Å². The van der Waals surface area contributed by atoms with E-state index < -0.39 is 11.6 Å². The van der Waals surface area contributed by atoms with Crippen LogP contribution in [0.2, 0.25) is 5.02 Å². The predicted molar refractivity (Wildman–Crippen MR) is 79.5 cm³/mol. The molecule has 0 heterocycles. The molecule has 112 valence electrons. The lowest BCUT2D eigenvalue weighted by molar-refractivity contribution is 0.284. The van der Waals surface area contributed by atoms with Crippen molar-refractivity contribution in [3.8, 4) is 5.75 Å². The Kier molecular flexibility index (Phi) is 5.53. The van der Waals surface area contributed by atoms with Crippen LogP contribution in [0, 0.1) is 11.6 Å². The van der Waals surface area contributed by atoms with Crippen LogP contribution in [0.5, 0.6) is 5.75 Å². The van der Waals surface area contributed by atoms with Gasteiger partial charge in [-0.3, -0.25) is 0 Å². The molecule has 21 heavy (non-hydrogen) atoms. The van der Waals surface area contributed by atoms with Crippen molar-refractivity contribution in [2.45, 2.75) is 20.1 Å². The molecule has 0 bridgehead atoms. The second-order valence-corrected chi connectivity index (χ2v) is 4.95. The lowest BCUT2D eigenvalue weighted by atomic mass is 10.2. The number of halogens is 3. The fourth-order valence-electron chi connectivity index (χ4n) is 1.86. The standard InChI is InChI=1S/C16H16ClF2NO/c1-2-20-9-11-6-7-15(14(18)8-11)21-10-12-4-3-5-13(17)16(12)19/h3-8,20H,2,9-10H2,1H3. The molecule has 2 aromatic carbocycles. The van der Waals surface area contributed by atoms with Crippen LogP contribution < -0.4 is 10.1 Å². The molecule has 2 nitrogen and oxygen atoms in total. The maximum atomic E-state index is 13.9. The fraction of sp³-hybridized carbons (Fsp3) is 0.250. The van der Waals surface area contributed by atoms with E-state index in [2.05, 4.69) is 5.32 Å². The van der Waals surface area contributed by atoms with E-state index >= 15 is 0 Å². The van der Waals surface area contributed by atoms with Gasteiger partial charge in [-0.15, -0.1) is 0 Å². The molecule has 0 saturated carbocycles. The highest BCUT2D eigenvalue weighted by molar-refractivity contribution is 6.30. The van der Waals surface area contributed by atoms with Gasteiger partial charge in [-0.05, 0) is 30.3 Å². The second kappa shape index (κ2) is 7.38. The van der Waals surface area contributed by atoms with Crippen molar-refractivity contribution < 1.29 is 13.5 Å². The summed E-state index contributed by atoms with van der Waals surface area (Å²) in [6.07, 6.45) is 0. The van der Waals surface area contributed by atoms with Crippen LogP contribution in [0.15, 0.2) is 36.4 Å². The van der Waals surface area contributed by atoms with E-state index in [0.29, 0.717) is 12.1 Å². The third-order valence-corrected chi connectivity index (χ3v) is 3.28. The Morgan fingerprint density at radius 1 is 1.19 bits per heavy atom. The van der Waals surface area contributed by atoms with Gasteiger partial charge in [0.05, 0.1) is 5.02 Å². The van der Waals surface area contributed by atoms with E-state index in [1.165, 1.54) is 12.1 Å². The van der Waals surface area contributed by atoms with E-state index in [0.717, 1.165) is 12.1 Å². The number of rotatable bonds is 6. The Hall–Kier alpha value is -1.65. The topological polar surface area (TPSA) is 21.3 Å². The minimum atomic E-state index is -0.539. The molecule has 0 radical (unpaired) electrons. The van der Waals surface area contributed by atoms with Crippen LogP contribution in [0.1, 0.15) is 18.1 Å². The van der Waals surface area contributed by atoms with Crippen molar-refractivity contribution in [3.63, 3.8) is 0 Å². The summed E-state index contributed by atoms with van der Waals surface area (Å²) >= 11 is 5.68. The van der Waals surface area contributed by atoms with Gasteiger partial charge >= 0.3 is 0 Å². The average Bonchev–Trinajstić information content (AvgIpc) is 2.48. The molecule has 2 rings (SSSR count). The monoisotopic (exact) mass is 311 g/mol. The molecule has 0 aliphatic carbocycles. The lowest BCUT2D eigenvalue weighted by Gasteiger charge is -2.10. The summed E-state index contributed by atoms with van der Waals surface area (Å²) in [4.78, 5) is 0. The normalized spacial score (nSPS) is 10.7. The van der Waals surface area contributed by atoms with Gasteiger partial charge in [0.1, 0.15) is 12.4 Å². The van der Waals surface area contributed by atoms with Crippen LogP contribution >= 0.6 is 11.6 Å². The SMILES string of the molecule is CCNCc1ccc(OCc2cccc(Cl)c2F)c(F)c1. The molecule has 0 unspecified atom stereocenters. The van der Waals surface area contributed by atoms with Gasteiger partial charge in [0.2, 0.25) is 0 Å². The molecule has 2 aromatic rings. The van der Waals surface area contributed by atoms with Crippen molar-refractivity contribution in [1.29, 1.82) is 0 Å². The quantitative estimate of drug-likeness (QED) is 0.858. The second-order valence-electron chi connectivity index (χ2n) is 4.55. The highest BCUT2D eigenvalue weighted by Gasteiger charge is 2.09. The number of ether oxygens (including phenoxy) is 1. The zero-order valence-corrected chi connectivity index (χ0v) is 12.4. The Bertz CT molecular complexity index is 619. The smallest absolute Gasteiger partial charge is 0.165 e. The largest absolute Gasteiger partial charge is 0.486 e. The Morgan fingerprint density at radius 3 is 2.71 bits per heavy atom. The highest BCUT2D eigenvalue weighted by atomic mass is 35.5. The summed E-state index contributed by atoms with van der Waals surface area (Å²) in [7, 11) is 0. The van der Waals surface area contributed by atoms with Crippen LogP contribution in [-0.4, -0.2) is 6.54 Å². The molecule has 0 fully saturated rings. The lowest BCUT2D eigenvalue weighted by Crippen LogP contribution is -2.11. The average molecular weight is 312 g/mol. The first-order valence-electron chi connectivity index (χ1n) is 6.66. The molecule has 0 aliphatic heterocycles. The molecule has 1 N–H and O–H groups in total. The zero-order chi connectivity index (χ0) is 15.2. The van der Waals surface area contributed by atoms with Gasteiger partial charge in [-0.2, -0.15) is 0 Å². The van der Waals surface area contributed by atoms with E-state index in [1.54, 1.807) is 24.3 Å². The first kappa shape index (κ1) is 15.7. The van der Waals surface area contributed by atoms with Crippen LogP contribution in [-0.2, 0) is 13.2 Å². The molecule has 5 heteroatoms. The van der Waals surface area contributed by atoms with E-state index in [-0.39, 0.29) is 17.4 Å². The van der Waals surface area contributed by atoms with Gasteiger partial charge in [0, 0.05) is 12.1 Å². The first-order valence-corrected chi connectivity index (χ1v) is 7.04. The van der Waals surface area contributed by atoms with Gasteiger partial charge in [0.15, 0.2) is 11.6 Å². The maximum Gasteiger partial charge on any atom is 0.165 e. The first-order chi connectivity index (χ1) is 10.1. The highest BCUT2D eigenvalue weighted by Crippen LogP contribution is 2.22. The Labute approximate surface area is 127 Å². The summed E-state index contributed by atoms with van der Waals surface area (Å²) in [6, 6.07) is 9.36. The van der Waals surface area contributed by atoms with E-state index in [9.17, 15) is 8.78 Å². The molecule has 0 spiro atoms. The molecule has 0 saturated heterocycles. The summed E-state index contributed by atoms with van der Waals surface area (Å²) in [5.74, 6) is -0.911. The third kappa shape index (κ3) is 4.16. The van der Waals surface area contributed by atoms with Gasteiger partial charge < -0.3 is 10.1 Å². The van der Waals surface area contributed by atoms with Crippen LogP contribution in [0.25, 0.3) is 0 Å². The number of hydrogen-bond donors (Lipinski definition) is 1. The zero-order valence-electron chi connectivity index (χ0n) is 11.6. The summed E-state index contributed by atoms with van der Waals surface area (Å²) in [5, 5.41) is 3.14. The molecular weight excluding hydrogens is 296 g/mol. The molecule has 0 aliphatic rings. The van der Waals surface area contributed by atoms with Gasteiger partial charge in [0.25, 0.3) is 0 Å². The minimum Gasteiger partial charge on any atom is -0.486 e. The summed E-state index contributed by atoms with van der Waals surface area (Å²) in [5.41, 5.74) is 1.12. The molecular formula is C16H16ClF2NO.